The zero-order chi connectivity index (χ0) is 13.2. The number of H-pyrrole nitrogens is 1. The molecule has 0 aliphatic rings. The van der Waals surface area contributed by atoms with Crippen LogP contribution >= 0.6 is 0 Å². The van der Waals surface area contributed by atoms with Crippen molar-refractivity contribution in [1.29, 1.82) is 0 Å². The second kappa shape index (κ2) is 4.65. The van der Waals surface area contributed by atoms with Gasteiger partial charge in [-0.05, 0) is 30.7 Å². The van der Waals surface area contributed by atoms with Gasteiger partial charge in [0.25, 0.3) is 10.0 Å². The fourth-order valence-electron chi connectivity index (χ4n) is 1.46. The van der Waals surface area contributed by atoms with Crippen LogP contribution in [-0.2, 0) is 10.0 Å². The molecule has 0 bridgehead atoms. The summed E-state index contributed by atoms with van der Waals surface area (Å²) < 4.78 is 31.4. The number of aromatic nitrogens is 3. The summed E-state index contributed by atoms with van der Waals surface area (Å²) in [6, 6.07) is 4.59. The lowest BCUT2D eigenvalue weighted by molar-refractivity contribution is 0.411. The van der Waals surface area contributed by atoms with Crippen LogP contribution in [0.15, 0.2) is 29.4 Å². The van der Waals surface area contributed by atoms with Crippen molar-refractivity contribution in [2.24, 2.45) is 0 Å². The van der Waals surface area contributed by atoms with Crippen molar-refractivity contribution < 1.29 is 13.2 Å². The molecule has 2 aromatic rings. The molecule has 0 fully saturated rings. The highest BCUT2D eigenvalue weighted by molar-refractivity contribution is 7.92. The Labute approximate surface area is 104 Å². The summed E-state index contributed by atoms with van der Waals surface area (Å²) in [5, 5.41) is 5.99. The lowest BCUT2D eigenvalue weighted by Gasteiger charge is -2.08. The number of hydrogen-bond donors (Lipinski definition) is 2. The van der Waals surface area contributed by atoms with E-state index in [9.17, 15) is 8.42 Å². The maximum absolute atomic E-state index is 12.0. The maximum atomic E-state index is 12.0. The first-order valence-corrected chi connectivity index (χ1v) is 6.54. The molecule has 0 atom stereocenters. The van der Waals surface area contributed by atoms with E-state index >= 15 is 0 Å². The first-order chi connectivity index (χ1) is 8.53. The molecule has 1 aromatic heterocycles. The van der Waals surface area contributed by atoms with Crippen LogP contribution in [0.1, 0.15) is 5.56 Å². The minimum atomic E-state index is -3.67. The first kappa shape index (κ1) is 12.4. The van der Waals surface area contributed by atoms with Crippen molar-refractivity contribution in [3.05, 3.63) is 30.1 Å². The van der Waals surface area contributed by atoms with Crippen molar-refractivity contribution in [3.8, 4) is 5.75 Å². The molecule has 96 valence electrons. The smallest absolute Gasteiger partial charge is 0.264 e. The first-order valence-electron chi connectivity index (χ1n) is 5.06. The average Bonchev–Trinajstić information content (AvgIpc) is 2.81. The number of rotatable bonds is 4. The number of hydrogen-bond acceptors (Lipinski definition) is 5. The van der Waals surface area contributed by atoms with E-state index in [1.54, 1.807) is 13.0 Å². The van der Waals surface area contributed by atoms with E-state index in [1.807, 2.05) is 0 Å². The Hall–Kier alpha value is -2.09. The van der Waals surface area contributed by atoms with Gasteiger partial charge in [0.15, 0.2) is 0 Å². The van der Waals surface area contributed by atoms with Gasteiger partial charge in [-0.2, -0.15) is 10.1 Å². The van der Waals surface area contributed by atoms with Crippen molar-refractivity contribution >= 4 is 16.0 Å². The summed E-state index contributed by atoms with van der Waals surface area (Å²) in [4.78, 5) is 3.84. The summed E-state index contributed by atoms with van der Waals surface area (Å²) in [6.07, 6.45) is 1.22. The molecule has 8 heteroatoms. The summed E-state index contributed by atoms with van der Waals surface area (Å²) in [5.41, 5.74) is 0.734. The number of nitrogens with zero attached hydrogens (tertiary/aromatic N) is 2. The molecule has 0 spiro atoms. The van der Waals surface area contributed by atoms with Crippen molar-refractivity contribution in [2.45, 2.75) is 11.8 Å². The number of aromatic amines is 1. The zero-order valence-corrected chi connectivity index (χ0v) is 10.7. The molecule has 0 unspecified atom stereocenters. The molecule has 0 radical (unpaired) electrons. The molecular formula is C10H12N4O3S. The molecule has 2 rings (SSSR count). The van der Waals surface area contributed by atoms with Crippen LogP contribution in [-0.4, -0.2) is 30.7 Å². The van der Waals surface area contributed by atoms with Gasteiger partial charge in [0, 0.05) is 0 Å². The van der Waals surface area contributed by atoms with E-state index in [0.29, 0.717) is 5.75 Å². The van der Waals surface area contributed by atoms with Gasteiger partial charge >= 0.3 is 0 Å². The Kier molecular flexibility index (Phi) is 3.19. The van der Waals surface area contributed by atoms with Gasteiger partial charge in [-0.3, -0.25) is 0 Å². The highest BCUT2D eigenvalue weighted by atomic mass is 32.2. The topological polar surface area (TPSA) is 97.0 Å². The monoisotopic (exact) mass is 268 g/mol. The number of benzene rings is 1. The van der Waals surface area contributed by atoms with Crippen molar-refractivity contribution in [3.63, 3.8) is 0 Å². The lowest BCUT2D eigenvalue weighted by atomic mass is 10.2. The van der Waals surface area contributed by atoms with E-state index in [0.717, 1.165) is 5.56 Å². The van der Waals surface area contributed by atoms with E-state index in [2.05, 4.69) is 19.9 Å². The van der Waals surface area contributed by atoms with E-state index in [4.69, 9.17) is 4.74 Å². The number of methoxy groups -OCH3 is 1. The summed E-state index contributed by atoms with van der Waals surface area (Å²) in [5.74, 6) is 0.706. The molecule has 1 heterocycles. The number of ether oxygens (including phenoxy) is 1. The fourth-order valence-corrected chi connectivity index (χ4v) is 2.51. The molecule has 0 amide bonds. The number of sulfonamides is 1. The quantitative estimate of drug-likeness (QED) is 0.859. The zero-order valence-electron chi connectivity index (χ0n) is 9.84. The highest BCUT2D eigenvalue weighted by Crippen LogP contribution is 2.22. The lowest BCUT2D eigenvalue weighted by Crippen LogP contribution is -2.14. The third-order valence-electron chi connectivity index (χ3n) is 2.32. The molecule has 0 aliphatic heterocycles. The minimum Gasteiger partial charge on any atom is -0.496 e. The van der Waals surface area contributed by atoms with Gasteiger partial charge in [0.2, 0.25) is 5.95 Å². The third-order valence-corrected chi connectivity index (χ3v) is 3.66. The van der Waals surface area contributed by atoms with Crippen LogP contribution in [0.2, 0.25) is 0 Å². The summed E-state index contributed by atoms with van der Waals surface area (Å²) in [6.45, 7) is 1.77. The van der Waals surface area contributed by atoms with Crippen LogP contribution < -0.4 is 9.46 Å². The normalized spacial score (nSPS) is 11.2. The Morgan fingerprint density at radius 3 is 2.72 bits per heavy atom. The molecular weight excluding hydrogens is 256 g/mol. The van der Waals surface area contributed by atoms with Crippen molar-refractivity contribution in [2.75, 3.05) is 11.8 Å². The van der Waals surface area contributed by atoms with Crippen LogP contribution in [0.4, 0.5) is 5.95 Å². The van der Waals surface area contributed by atoms with E-state index in [1.165, 1.54) is 25.6 Å². The highest BCUT2D eigenvalue weighted by Gasteiger charge is 2.16. The second-order valence-electron chi connectivity index (χ2n) is 3.57. The van der Waals surface area contributed by atoms with E-state index < -0.39 is 10.0 Å². The van der Waals surface area contributed by atoms with Crippen LogP contribution in [0.3, 0.4) is 0 Å². The average molecular weight is 268 g/mol. The Morgan fingerprint density at radius 1 is 1.39 bits per heavy atom. The predicted molar refractivity (Wildman–Crippen MR) is 64.9 cm³/mol. The third kappa shape index (κ3) is 2.43. The van der Waals surface area contributed by atoms with Gasteiger partial charge in [0.1, 0.15) is 12.1 Å². The molecule has 2 N–H and O–H groups in total. The van der Waals surface area contributed by atoms with Crippen molar-refractivity contribution in [1.82, 2.24) is 15.2 Å². The summed E-state index contributed by atoms with van der Waals surface area (Å²) in [7, 11) is -2.14. The number of nitrogens with one attached hydrogen (secondary N) is 2. The molecule has 0 aliphatic carbocycles. The Bertz CT molecular complexity index is 637. The van der Waals surface area contributed by atoms with Gasteiger partial charge < -0.3 is 4.74 Å². The molecule has 1 aromatic carbocycles. The number of aryl methyl sites for hydroxylation is 1. The SMILES string of the molecule is COc1ccc(S(=O)(=O)Nc2ncn[nH]2)cc1C. The fraction of sp³-hybridized carbons (Fsp3) is 0.200. The molecule has 0 saturated heterocycles. The molecule has 0 saturated carbocycles. The maximum Gasteiger partial charge on any atom is 0.264 e. The predicted octanol–water partition coefficient (Wildman–Crippen LogP) is 0.923. The second-order valence-corrected chi connectivity index (χ2v) is 5.25. The van der Waals surface area contributed by atoms with Crippen LogP contribution in [0, 0.1) is 6.92 Å². The van der Waals surface area contributed by atoms with Crippen LogP contribution in [0.5, 0.6) is 5.75 Å². The minimum absolute atomic E-state index is 0.0727. The van der Waals surface area contributed by atoms with Crippen LogP contribution in [0.25, 0.3) is 0 Å². The molecule has 18 heavy (non-hydrogen) atoms. The Balaban J connectivity index is 2.33. The van der Waals surface area contributed by atoms with E-state index in [-0.39, 0.29) is 10.8 Å². The van der Waals surface area contributed by atoms with Gasteiger partial charge in [-0.1, -0.05) is 0 Å². The largest absolute Gasteiger partial charge is 0.496 e. The standard InChI is InChI=1S/C10H12N4O3S/c1-7-5-8(3-4-9(7)17-2)18(15,16)14-10-11-6-12-13-10/h3-6H,1-2H3,(H2,11,12,13,14). The van der Waals surface area contributed by atoms with Gasteiger partial charge in [-0.15, -0.1) is 0 Å². The number of anilines is 1. The van der Waals surface area contributed by atoms with Gasteiger partial charge in [-0.25, -0.2) is 18.2 Å². The Morgan fingerprint density at radius 2 is 2.17 bits per heavy atom. The molecule has 7 nitrogen and oxygen atoms in total. The summed E-state index contributed by atoms with van der Waals surface area (Å²) >= 11 is 0. The van der Waals surface area contributed by atoms with Gasteiger partial charge in [0.05, 0.1) is 12.0 Å².